The molecule has 2 aliphatic rings. The van der Waals surface area contributed by atoms with Crippen molar-refractivity contribution < 1.29 is 13.9 Å². The summed E-state index contributed by atoms with van der Waals surface area (Å²) in [6.07, 6.45) is 4.42. The Bertz CT molecular complexity index is 1150. The number of ether oxygens (including phenoxy) is 1. The highest BCUT2D eigenvalue weighted by Crippen LogP contribution is 2.31. The van der Waals surface area contributed by atoms with Crippen LogP contribution in [0.5, 0.6) is 5.75 Å². The number of amidine groups is 3. The van der Waals surface area contributed by atoms with Gasteiger partial charge in [0, 0.05) is 0 Å². The number of nitrogens with zero attached hydrogens (tertiary/aromatic N) is 3. The average molecular weight is 400 g/mol. The third kappa shape index (κ3) is 2.86. The fourth-order valence-electron chi connectivity index (χ4n) is 2.64. The molecule has 2 aromatic rings. The van der Waals surface area contributed by atoms with Crippen molar-refractivity contribution in [3.63, 3.8) is 0 Å². The van der Waals surface area contributed by atoms with E-state index < -0.39 is 5.91 Å². The first-order valence-corrected chi connectivity index (χ1v) is 9.65. The fraction of sp³-hybridized carbons (Fsp3) is 0.118. The maximum atomic E-state index is 12.8. The zero-order valence-electron chi connectivity index (χ0n) is 14.2. The molecule has 3 heterocycles. The highest BCUT2D eigenvalue weighted by atomic mass is 32.2. The summed E-state index contributed by atoms with van der Waals surface area (Å²) < 4.78 is 14.8. The molecule has 0 saturated carbocycles. The van der Waals surface area contributed by atoms with Crippen LogP contribution in [0.4, 0.5) is 0 Å². The minimum absolute atomic E-state index is 0.00227. The Kier molecular flexibility index (Phi) is 4.36. The van der Waals surface area contributed by atoms with Gasteiger partial charge in [-0.15, -0.1) is 0 Å². The minimum Gasteiger partial charge on any atom is -0.497 e. The number of carbonyl (C=O) groups is 1. The lowest BCUT2D eigenvalue weighted by molar-refractivity contribution is -0.114. The van der Waals surface area contributed by atoms with Crippen molar-refractivity contribution in [2.75, 3.05) is 13.4 Å². The Morgan fingerprint density at radius 1 is 1.37 bits per heavy atom. The van der Waals surface area contributed by atoms with Crippen molar-refractivity contribution in [1.82, 2.24) is 4.90 Å². The number of nitrogens with one attached hydrogen (secondary N) is 1. The number of amides is 1. The van der Waals surface area contributed by atoms with Gasteiger partial charge in [0.1, 0.15) is 23.4 Å². The van der Waals surface area contributed by atoms with Crippen molar-refractivity contribution in [1.29, 1.82) is 5.41 Å². The molecule has 1 N–H and O–H groups in total. The molecule has 1 aromatic heterocycles. The van der Waals surface area contributed by atoms with E-state index in [1.165, 1.54) is 36.1 Å². The fourth-order valence-corrected chi connectivity index (χ4v) is 4.09. The quantitative estimate of drug-likeness (QED) is 0.610. The molecule has 1 amide bonds. The van der Waals surface area contributed by atoms with Crippen LogP contribution >= 0.6 is 23.7 Å². The van der Waals surface area contributed by atoms with Crippen LogP contribution in [-0.2, 0) is 4.79 Å². The Balaban J connectivity index is 1.83. The molecule has 0 atom stereocenters. The summed E-state index contributed by atoms with van der Waals surface area (Å²) in [7, 11) is 1.51. The second kappa shape index (κ2) is 6.71. The highest BCUT2D eigenvalue weighted by Gasteiger charge is 2.37. The largest absolute Gasteiger partial charge is 0.497 e. The molecule has 0 unspecified atom stereocenters. The lowest BCUT2D eigenvalue weighted by atomic mass is 10.1. The van der Waals surface area contributed by atoms with E-state index in [1.54, 1.807) is 18.2 Å². The third-order valence-corrected chi connectivity index (χ3v) is 5.44. The van der Waals surface area contributed by atoms with Gasteiger partial charge in [-0.3, -0.25) is 15.0 Å². The molecule has 0 aliphatic carbocycles. The van der Waals surface area contributed by atoms with Crippen LogP contribution in [0.3, 0.4) is 0 Å². The number of methoxy groups -OCH3 is 1. The standard InChI is InChI=1S/C17H12N4O4S2/c1-24-9-3-4-12-10(6-9)13(22)8(7-25-12)5-11-14(18)21-16(19-15(11)23)27-20-17(21)26-2/h3-7,18H,1-2H3. The molecule has 0 radical (unpaired) electrons. The van der Waals surface area contributed by atoms with Gasteiger partial charge in [0.15, 0.2) is 10.6 Å². The Morgan fingerprint density at radius 2 is 2.19 bits per heavy atom. The minimum atomic E-state index is -0.596. The molecular weight excluding hydrogens is 388 g/mol. The van der Waals surface area contributed by atoms with Gasteiger partial charge < -0.3 is 9.15 Å². The molecule has 0 fully saturated rings. The van der Waals surface area contributed by atoms with Crippen molar-refractivity contribution in [2.45, 2.75) is 0 Å². The molecule has 0 bridgehead atoms. The number of benzene rings is 1. The van der Waals surface area contributed by atoms with E-state index >= 15 is 0 Å². The van der Waals surface area contributed by atoms with E-state index in [-0.39, 0.29) is 22.4 Å². The summed E-state index contributed by atoms with van der Waals surface area (Å²) >= 11 is 2.39. The molecule has 10 heteroatoms. The van der Waals surface area contributed by atoms with Gasteiger partial charge in [-0.2, -0.15) is 9.39 Å². The van der Waals surface area contributed by atoms with E-state index in [4.69, 9.17) is 14.6 Å². The van der Waals surface area contributed by atoms with Crippen LogP contribution in [0, 0.1) is 5.41 Å². The molecule has 136 valence electrons. The first-order chi connectivity index (χ1) is 13.0. The smallest absolute Gasteiger partial charge is 0.283 e. The number of hydrogen-bond acceptors (Lipinski definition) is 8. The van der Waals surface area contributed by atoms with Gasteiger partial charge in [-0.25, -0.2) is 4.90 Å². The molecule has 2 aliphatic heterocycles. The number of fused-ring (bicyclic) bond motifs is 2. The lowest BCUT2D eigenvalue weighted by Crippen LogP contribution is -2.41. The van der Waals surface area contributed by atoms with Crippen LogP contribution in [0.15, 0.2) is 48.6 Å². The Hall–Kier alpha value is -2.85. The number of thioether (sulfide) groups is 1. The van der Waals surface area contributed by atoms with Crippen LogP contribution in [0.1, 0.15) is 5.56 Å². The number of rotatable bonds is 2. The van der Waals surface area contributed by atoms with E-state index in [2.05, 4.69) is 9.39 Å². The summed E-state index contributed by atoms with van der Waals surface area (Å²) in [5.74, 6) is -0.153. The van der Waals surface area contributed by atoms with E-state index in [0.29, 0.717) is 27.1 Å². The van der Waals surface area contributed by atoms with E-state index in [0.717, 1.165) is 11.9 Å². The Labute approximate surface area is 161 Å². The van der Waals surface area contributed by atoms with E-state index in [9.17, 15) is 9.59 Å². The Morgan fingerprint density at radius 3 is 2.93 bits per heavy atom. The van der Waals surface area contributed by atoms with Crippen LogP contribution in [0.25, 0.3) is 17.0 Å². The highest BCUT2D eigenvalue weighted by molar-refractivity contribution is 8.18. The second-order valence-corrected chi connectivity index (χ2v) is 7.00. The third-order valence-electron chi connectivity index (χ3n) is 3.98. The summed E-state index contributed by atoms with van der Waals surface area (Å²) in [5, 5.41) is 9.59. The average Bonchev–Trinajstić information content (AvgIpc) is 3.09. The topological polar surface area (TPSA) is 108 Å². The second-order valence-electron chi connectivity index (χ2n) is 5.49. The summed E-state index contributed by atoms with van der Waals surface area (Å²) in [6, 6.07) is 4.90. The number of aliphatic imine (C=N–C) groups is 1. The molecule has 1 aromatic carbocycles. The molecule has 4 rings (SSSR count). The van der Waals surface area contributed by atoms with Gasteiger partial charge >= 0.3 is 0 Å². The van der Waals surface area contributed by atoms with Gasteiger partial charge in [0.05, 0.1) is 35.6 Å². The molecular formula is C17H12N4O4S2. The monoisotopic (exact) mass is 400 g/mol. The zero-order chi connectivity index (χ0) is 19.1. The maximum absolute atomic E-state index is 12.8. The number of hydrogen-bond donors (Lipinski definition) is 1. The summed E-state index contributed by atoms with van der Waals surface area (Å²) in [4.78, 5) is 30.6. The lowest BCUT2D eigenvalue weighted by Gasteiger charge is -2.23. The molecule has 27 heavy (non-hydrogen) atoms. The molecule has 0 saturated heterocycles. The van der Waals surface area contributed by atoms with Gasteiger partial charge in [-0.05, 0) is 30.5 Å². The van der Waals surface area contributed by atoms with Gasteiger partial charge in [-0.1, -0.05) is 11.8 Å². The van der Waals surface area contributed by atoms with Gasteiger partial charge in [0.25, 0.3) is 5.91 Å². The summed E-state index contributed by atoms with van der Waals surface area (Å²) in [5.41, 5.74) is 0.225. The van der Waals surface area contributed by atoms with Crippen LogP contribution in [-0.4, -0.2) is 40.3 Å². The first kappa shape index (κ1) is 17.6. The predicted octanol–water partition coefficient (Wildman–Crippen LogP) is 2.74. The molecule has 8 nitrogen and oxygen atoms in total. The van der Waals surface area contributed by atoms with Crippen LogP contribution in [0.2, 0.25) is 0 Å². The number of carbonyl (C=O) groups excluding carboxylic acids is 1. The van der Waals surface area contributed by atoms with Crippen molar-refractivity contribution in [3.05, 3.63) is 45.8 Å². The summed E-state index contributed by atoms with van der Waals surface area (Å²) in [6.45, 7) is 0. The predicted molar refractivity (Wildman–Crippen MR) is 108 cm³/mol. The van der Waals surface area contributed by atoms with Crippen molar-refractivity contribution >= 4 is 62.8 Å². The normalized spacial score (nSPS) is 18.0. The first-order valence-electron chi connectivity index (χ1n) is 7.66. The van der Waals surface area contributed by atoms with Crippen molar-refractivity contribution in [3.8, 4) is 5.75 Å². The maximum Gasteiger partial charge on any atom is 0.283 e. The van der Waals surface area contributed by atoms with Crippen molar-refractivity contribution in [2.24, 2.45) is 9.39 Å². The SMILES string of the molecule is COc1ccc2occ(C=C3C(=N)N4C(SC)=NSC4=NC3=O)c(=O)c2c1. The molecule has 0 spiro atoms. The van der Waals surface area contributed by atoms with Crippen LogP contribution < -0.4 is 10.2 Å². The van der Waals surface area contributed by atoms with Gasteiger partial charge in [0.2, 0.25) is 5.17 Å². The zero-order valence-corrected chi connectivity index (χ0v) is 15.8. The van der Waals surface area contributed by atoms with E-state index in [1.807, 2.05) is 6.26 Å².